The Morgan fingerprint density at radius 3 is 2.45 bits per heavy atom. The minimum Gasteiger partial charge on any atom is -0.383 e. The van der Waals surface area contributed by atoms with E-state index in [9.17, 15) is 0 Å². The highest BCUT2D eigenvalue weighted by Crippen LogP contribution is 2.28. The van der Waals surface area contributed by atoms with Gasteiger partial charge in [0.1, 0.15) is 5.82 Å². The van der Waals surface area contributed by atoms with Crippen LogP contribution in [-0.4, -0.2) is 15.0 Å². The lowest BCUT2D eigenvalue weighted by Gasteiger charge is -2.08. The van der Waals surface area contributed by atoms with Gasteiger partial charge in [-0.25, -0.2) is 4.98 Å². The molecule has 20 heavy (non-hydrogen) atoms. The zero-order valence-corrected chi connectivity index (χ0v) is 11.1. The lowest BCUT2D eigenvalue weighted by atomic mass is 10.0. The molecule has 3 rings (SSSR count). The molecule has 0 aromatic carbocycles. The molecule has 0 bridgehead atoms. The van der Waals surface area contributed by atoms with Crippen molar-refractivity contribution in [3.05, 3.63) is 60.7 Å². The van der Waals surface area contributed by atoms with Gasteiger partial charge in [0.15, 0.2) is 0 Å². The Hall–Kier alpha value is -2.75. The summed E-state index contributed by atoms with van der Waals surface area (Å²) in [6, 6.07) is 9.85. The first kappa shape index (κ1) is 12.3. The van der Waals surface area contributed by atoms with Crippen LogP contribution in [0.1, 0.15) is 5.56 Å². The number of aryl methyl sites for hydroxylation is 1. The smallest absolute Gasteiger partial charge is 0.131 e. The van der Waals surface area contributed by atoms with Crippen molar-refractivity contribution in [3.8, 4) is 22.4 Å². The molecule has 0 spiro atoms. The molecule has 0 amide bonds. The fourth-order valence-electron chi connectivity index (χ4n) is 2.07. The Kier molecular flexibility index (Phi) is 3.13. The van der Waals surface area contributed by atoms with Crippen LogP contribution in [-0.2, 0) is 0 Å². The summed E-state index contributed by atoms with van der Waals surface area (Å²) in [6.45, 7) is 2.04. The van der Waals surface area contributed by atoms with Gasteiger partial charge in [-0.1, -0.05) is 0 Å². The Bertz CT molecular complexity index is 738. The normalized spacial score (nSPS) is 10.4. The second kappa shape index (κ2) is 5.09. The lowest BCUT2D eigenvalue weighted by molar-refractivity contribution is 1.26. The highest BCUT2D eigenvalue weighted by atomic mass is 14.8. The summed E-state index contributed by atoms with van der Waals surface area (Å²) < 4.78 is 0. The van der Waals surface area contributed by atoms with E-state index in [2.05, 4.69) is 15.0 Å². The van der Waals surface area contributed by atoms with E-state index in [0.717, 1.165) is 27.9 Å². The van der Waals surface area contributed by atoms with E-state index in [1.807, 2.05) is 37.3 Å². The van der Waals surface area contributed by atoms with Crippen LogP contribution < -0.4 is 5.73 Å². The van der Waals surface area contributed by atoms with Crippen LogP contribution in [0.4, 0.5) is 5.82 Å². The summed E-state index contributed by atoms with van der Waals surface area (Å²) in [5, 5.41) is 0. The lowest BCUT2D eigenvalue weighted by Crippen LogP contribution is -1.96. The van der Waals surface area contributed by atoms with Gasteiger partial charge in [-0.15, -0.1) is 0 Å². The van der Waals surface area contributed by atoms with Crippen molar-refractivity contribution in [3.63, 3.8) is 0 Å². The van der Waals surface area contributed by atoms with E-state index >= 15 is 0 Å². The van der Waals surface area contributed by atoms with Crippen LogP contribution in [0.25, 0.3) is 22.4 Å². The zero-order valence-electron chi connectivity index (χ0n) is 11.1. The van der Waals surface area contributed by atoms with Crippen molar-refractivity contribution < 1.29 is 0 Å². The number of nitrogen functional groups attached to an aromatic ring is 1. The van der Waals surface area contributed by atoms with Gasteiger partial charge >= 0.3 is 0 Å². The number of hydrogen-bond acceptors (Lipinski definition) is 4. The standard InChI is InChI=1S/C16H14N4/c1-11-2-7-19-15(8-11)13-9-14(16(17)20-10-13)12-3-5-18-6-4-12/h2-10H,1H3,(H2,17,20). The van der Waals surface area contributed by atoms with Crippen molar-refractivity contribution in [2.45, 2.75) is 6.92 Å². The summed E-state index contributed by atoms with van der Waals surface area (Å²) >= 11 is 0. The van der Waals surface area contributed by atoms with Crippen LogP contribution in [0.3, 0.4) is 0 Å². The first-order valence-corrected chi connectivity index (χ1v) is 6.33. The van der Waals surface area contributed by atoms with E-state index in [0.29, 0.717) is 5.82 Å². The third-order valence-electron chi connectivity index (χ3n) is 3.12. The molecule has 2 N–H and O–H groups in total. The van der Waals surface area contributed by atoms with Gasteiger partial charge in [0.2, 0.25) is 0 Å². The molecule has 0 radical (unpaired) electrons. The van der Waals surface area contributed by atoms with E-state index in [1.54, 1.807) is 24.8 Å². The molecule has 4 heteroatoms. The van der Waals surface area contributed by atoms with Gasteiger partial charge in [0.25, 0.3) is 0 Å². The quantitative estimate of drug-likeness (QED) is 0.770. The van der Waals surface area contributed by atoms with Crippen molar-refractivity contribution >= 4 is 5.82 Å². The number of pyridine rings is 3. The molecule has 0 fully saturated rings. The van der Waals surface area contributed by atoms with Crippen LogP contribution in [0.2, 0.25) is 0 Å². The predicted octanol–water partition coefficient (Wildman–Crippen LogP) is 3.10. The predicted molar refractivity (Wildman–Crippen MR) is 79.8 cm³/mol. The van der Waals surface area contributed by atoms with Crippen molar-refractivity contribution in [1.29, 1.82) is 0 Å². The molecule has 0 saturated heterocycles. The first-order valence-electron chi connectivity index (χ1n) is 6.33. The Labute approximate surface area is 117 Å². The summed E-state index contributed by atoms with van der Waals surface area (Å²) in [5.74, 6) is 0.507. The third-order valence-corrected chi connectivity index (χ3v) is 3.12. The van der Waals surface area contributed by atoms with Crippen molar-refractivity contribution in [2.75, 3.05) is 5.73 Å². The Morgan fingerprint density at radius 2 is 1.70 bits per heavy atom. The zero-order chi connectivity index (χ0) is 13.9. The average molecular weight is 262 g/mol. The van der Waals surface area contributed by atoms with Gasteiger partial charge in [-0.05, 0) is 48.4 Å². The Balaban J connectivity index is 2.12. The number of rotatable bonds is 2. The minimum atomic E-state index is 0.507. The van der Waals surface area contributed by atoms with Crippen LogP contribution >= 0.6 is 0 Å². The number of aromatic nitrogens is 3. The van der Waals surface area contributed by atoms with E-state index in [1.165, 1.54) is 0 Å². The number of anilines is 1. The maximum absolute atomic E-state index is 5.98. The highest BCUT2D eigenvalue weighted by molar-refractivity contribution is 5.78. The van der Waals surface area contributed by atoms with Gasteiger partial charge in [-0.3, -0.25) is 9.97 Å². The molecule has 4 nitrogen and oxygen atoms in total. The van der Waals surface area contributed by atoms with Gasteiger partial charge in [0, 0.05) is 35.9 Å². The molecule has 3 aromatic rings. The molecule has 3 aromatic heterocycles. The minimum absolute atomic E-state index is 0.507. The van der Waals surface area contributed by atoms with E-state index < -0.39 is 0 Å². The molecule has 0 saturated carbocycles. The van der Waals surface area contributed by atoms with Crippen LogP contribution in [0.15, 0.2) is 55.1 Å². The number of nitrogens with two attached hydrogens (primary N) is 1. The summed E-state index contributed by atoms with van der Waals surface area (Å²) in [5.41, 5.74) is 10.9. The van der Waals surface area contributed by atoms with Gasteiger partial charge in [-0.2, -0.15) is 0 Å². The third kappa shape index (κ3) is 2.36. The second-order valence-electron chi connectivity index (χ2n) is 4.61. The molecular formula is C16H14N4. The molecule has 0 aliphatic rings. The van der Waals surface area contributed by atoms with Crippen LogP contribution in [0, 0.1) is 6.92 Å². The first-order chi connectivity index (χ1) is 9.74. The fourth-order valence-corrected chi connectivity index (χ4v) is 2.07. The maximum atomic E-state index is 5.98. The van der Waals surface area contributed by atoms with E-state index in [4.69, 9.17) is 5.73 Å². The number of hydrogen-bond donors (Lipinski definition) is 1. The molecular weight excluding hydrogens is 248 g/mol. The van der Waals surface area contributed by atoms with E-state index in [-0.39, 0.29) is 0 Å². The monoisotopic (exact) mass is 262 g/mol. The fraction of sp³-hybridized carbons (Fsp3) is 0.0625. The number of nitrogens with zero attached hydrogens (tertiary/aromatic N) is 3. The molecule has 98 valence electrons. The second-order valence-corrected chi connectivity index (χ2v) is 4.61. The summed E-state index contributed by atoms with van der Waals surface area (Å²) in [4.78, 5) is 12.7. The van der Waals surface area contributed by atoms with Gasteiger partial charge < -0.3 is 5.73 Å². The van der Waals surface area contributed by atoms with Crippen molar-refractivity contribution in [2.24, 2.45) is 0 Å². The molecule has 0 atom stereocenters. The highest BCUT2D eigenvalue weighted by Gasteiger charge is 2.07. The largest absolute Gasteiger partial charge is 0.383 e. The van der Waals surface area contributed by atoms with Crippen LogP contribution in [0.5, 0.6) is 0 Å². The summed E-state index contributed by atoms with van der Waals surface area (Å²) in [7, 11) is 0. The summed E-state index contributed by atoms with van der Waals surface area (Å²) in [6.07, 6.45) is 7.04. The van der Waals surface area contributed by atoms with Gasteiger partial charge in [0.05, 0.1) is 5.69 Å². The SMILES string of the molecule is Cc1ccnc(-c2cnc(N)c(-c3ccncc3)c2)c1. The topological polar surface area (TPSA) is 64.7 Å². The van der Waals surface area contributed by atoms with Crippen molar-refractivity contribution in [1.82, 2.24) is 15.0 Å². The molecule has 0 unspecified atom stereocenters. The molecule has 0 aliphatic carbocycles. The average Bonchev–Trinajstić information content (AvgIpc) is 2.48. The molecule has 3 heterocycles. The molecule has 0 aliphatic heterocycles. The maximum Gasteiger partial charge on any atom is 0.131 e. The Morgan fingerprint density at radius 1 is 0.900 bits per heavy atom.